The second kappa shape index (κ2) is 5.77. The maximum absolute atomic E-state index is 11.5. The van der Waals surface area contributed by atoms with Crippen LogP contribution in [0.3, 0.4) is 0 Å². The predicted octanol–water partition coefficient (Wildman–Crippen LogP) is 1.86. The fourth-order valence-corrected chi connectivity index (χ4v) is 1.25. The van der Waals surface area contributed by atoms with Gasteiger partial charge in [-0.05, 0) is 26.0 Å². The van der Waals surface area contributed by atoms with E-state index in [1.165, 1.54) is 19.9 Å². The molecule has 0 radical (unpaired) electrons. The molecule has 18 heavy (non-hydrogen) atoms. The first-order valence-electron chi connectivity index (χ1n) is 5.23. The molecule has 0 spiro atoms. The summed E-state index contributed by atoms with van der Waals surface area (Å²) >= 11 is 0. The number of rotatable bonds is 4. The van der Waals surface area contributed by atoms with Gasteiger partial charge < -0.3 is 10.4 Å². The van der Waals surface area contributed by atoms with Crippen LogP contribution in [0.25, 0.3) is 0 Å². The number of benzene rings is 1. The van der Waals surface area contributed by atoms with Gasteiger partial charge in [-0.15, -0.1) is 0 Å². The number of aliphatic carboxylic acids is 1. The fraction of sp³-hybridized carbons (Fsp3) is 0.154. The van der Waals surface area contributed by atoms with E-state index in [0.717, 1.165) is 6.08 Å². The molecule has 0 aliphatic heterocycles. The number of amides is 1. The van der Waals surface area contributed by atoms with Crippen molar-refractivity contribution in [1.82, 2.24) is 0 Å². The Hall–Kier alpha value is -2.43. The predicted molar refractivity (Wildman–Crippen MR) is 66.5 cm³/mol. The highest BCUT2D eigenvalue weighted by molar-refractivity contribution is 6.04. The van der Waals surface area contributed by atoms with E-state index in [1.54, 1.807) is 18.2 Å². The number of Topliss-reactive ketones (excluding diaryl/α,β-unsaturated/α-hetero) is 1. The van der Waals surface area contributed by atoms with E-state index in [2.05, 4.69) is 5.32 Å². The minimum absolute atomic E-state index is 0.0600. The second-order valence-electron chi connectivity index (χ2n) is 3.76. The lowest BCUT2D eigenvalue weighted by Gasteiger charge is -2.04. The van der Waals surface area contributed by atoms with E-state index in [0.29, 0.717) is 11.3 Å². The third kappa shape index (κ3) is 3.86. The number of anilines is 1. The van der Waals surface area contributed by atoms with Gasteiger partial charge in [0.1, 0.15) is 0 Å². The Bertz CT molecular complexity index is 532. The van der Waals surface area contributed by atoms with Gasteiger partial charge in [-0.3, -0.25) is 9.59 Å². The van der Waals surface area contributed by atoms with E-state index < -0.39 is 11.9 Å². The van der Waals surface area contributed by atoms with Gasteiger partial charge in [0, 0.05) is 22.9 Å². The van der Waals surface area contributed by atoms with Crippen molar-refractivity contribution in [3.63, 3.8) is 0 Å². The van der Waals surface area contributed by atoms with Crippen molar-refractivity contribution in [3.05, 3.63) is 41.5 Å². The highest BCUT2D eigenvalue weighted by Crippen LogP contribution is 2.11. The van der Waals surface area contributed by atoms with Crippen LogP contribution in [-0.4, -0.2) is 22.8 Å². The molecule has 0 saturated carbocycles. The lowest BCUT2D eigenvalue weighted by Crippen LogP contribution is -2.11. The molecular formula is C13H13NO4. The normalized spacial score (nSPS) is 10.9. The summed E-state index contributed by atoms with van der Waals surface area (Å²) < 4.78 is 0. The summed E-state index contributed by atoms with van der Waals surface area (Å²) in [6.07, 6.45) is 0.989. The van der Waals surface area contributed by atoms with Gasteiger partial charge in [0.15, 0.2) is 5.78 Å². The van der Waals surface area contributed by atoms with Crippen molar-refractivity contribution in [2.24, 2.45) is 0 Å². The Kier molecular flexibility index (Phi) is 4.37. The molecule has 0 heterocycles. The zero-order chi connectivity index (χ0) is 13.7. The maximum atomic E-state index is 11.5. The molecule has 5 nitrogen and oxygen atoms in total. The van der Waals surface area contributed by atoms with Crippen molar-refractivity contribution in [3.8, 4) is 0 Å². The van der Waals surface area contributed by atoms with E-state index in [4.69, 9.17) is 5.11 Å². The van der Waals surface area contributed by atoms with Crippen LogP contribution >= 0.6 is 0 Å². The Morgan fingerprint density at radius 3 is 2.44 bits per heavy atom. The molecule has 0 bridgehead atoms. The minimum atomic E-state index is -1.15. The summed E-state index contributed by atoms with van der Waals surface area (Å²) in [5.74, 6) is -1.80. The van der Waals surface area contributed by atoms with Crippen molar-refractivity contribution in [2.45, 2.75) is 13.8 Å². The Morgan fingerprint density at radius 2 is 1.89 bits per heavy atom. The van der Waals surface area contributed by atoms with Gasteiger partial charge in [-0.25, -0.2) is 4.79 Å². The van der Waals surface area contributed by atoms with Gasteiger partial charge >= 0.3 is 5.97 Å². The third-order valence-electron chi connectivity index (χ3n) is 2.22. The molecule has 0 unspecified atom stereocenters. The summed E-state index contributed by atoms with van der Waals surface area (Å²) in [7, 11) is 0. The number of nitrogens with one attached hydrogen (secondary N) is 1. The number of carboxylic acid groups (broad SMARTS) is 1. The van der Waals surface area contributed by atoms with Crippen LogP contribution in [0.4, 0.5) is 5.69 Å². The van der Waals surface area contributed by atoms with Crippen molar-refractivity contribution in [1.29, 1.82) is 0 Å². The summed E-state index contributed by atoms with van der Waals surface area (Å²) in [5, 5.41) is 11.1. The average Bonchev–Trinajstić information content (AvgIpc) is 2.28. The topological polar surface area (TPSA) is 83.5 Å². The molecular weight excluding hydrogens is 234 g/mol. The monoisotopic (exact) mass is 247 g/mol. The number of hydrogen-bond donors (Lipinski definition) is 2. The smallest absolute Gasteiger partial charge is 0.331 e. The van der Waals surface area contributed by atoms with E-state index in [1.807, 2.05) is 0 Å². The van der Waals surface area contributed by atoms with Crippen LogP contribution in [-0.2, 0) is 9.59 Å². The number of carbonyl (C=O) groups excluding carboxylic acids is 2. The summed E-state index contributed by atoms with van der Waals surface area (Å²) in [5.41, 5.74) is 0.865. The van der Waals surface area contributed by atoms with Crippen molar-refractivity contribution < 1.29 is 19.5 Å². The molecule has 1 aromatic carbocycles. The van der Waals surface area contributed by atoms with Gasteiger partial charge in [-0.2, -0.15) is 0 Å². The van der Waals surface area contributed by atoms with Crippen LogP contribution in [0.5, 0.6) is 0 Å². The van der Waals surface area contributed by atoms with Gasteiger partial charge in [0.05, 0.1) is 0 Å². The minimum Gasteiger partial charge on any atom is -0.478 e. The highest BCUT2D eigenvalue weighted by Gasteiger charge is 2.06. The van der Waals surface area contributed by atoms with Crippen molar-refractivity contribution >= 4 is 23.3 Å². The average molecular weight is 247 g/mol. The molecule has 5 heteroatoms. The molecule has 94 valence electrons. The molecule has 0 aliphatic carbocycles. The van der Waals surface area contributed by atoms with Crippen molar-refractivity contribution in [2.75, 3.05) is 5.32 Å². The van der Waals surface area contributed by atoms with Crippen LogP contribution in [0.15, 0.2) is 35.9 Å². The first kappa shape index (κ1) is 13.6. The molecule has 1 rings (SSSR count). The Labute approximate surface area is 104 Å². The Balaban J connectivity index is 2.82. The maximum Gasteiger partial charge on any atom is 0.331 e. The van der Waals surface area contributed by atoms with Gasteiger partial charge in [0.25, 0.3) is 0 Å². The van der Waals surface area contributed by atoms with Crippen LogP contribution in [0.2, 0.25) is 0 Å². The molecule has 0 aromatic heterocycles. The van der Waals surface area contributed by atoms with Crippen LogP contribution < -0.4 is 5.32 Å². The van der Waals surface area contributed by atoms with E-state index >= 15 is 0 Å². The quantitative estimate of drug-likeness (QED) is 0.628. The summed E-state index contributed by atoms with van der Waals surface area (Å²) in [6, 6.07) is 6.43. The molecule has 1 aromatic rings. The largest absolute Gasteiger partial charge is 0.478 e. The SMILES string of the molecule is CC(=O)c1cccc(NC(=O)/C=C(\C)C(=O)O)c1. The number of carbonyl (C=O) groups is 3. The molecule has 0 aliphatic rings. The zero-order valence-corrected chi connectivity index (χ0v) is 10.1. The second-order valence-corrected chi connectivity index (χ2v) is 3.76. The first-order chi connectivity index (χ1) is 8.40. The summed E-state index contributed by atoms with van der Waals surface area (Å²) in [6.45, 7) is 2.75. The third-order valence-corrected chi connectivity index (χ3v) is 2.22. The van der Waals surface area contributed by atoms with Gasteiger partial charge in [-0.1, -0.05) is 12.1 Å². The zero-order valence-electron chi connectivity index (χ0n) is 10.1. The van der Waals surface area contributed by atoms with E-state index in [-0.39, 0.29) is 11.4 Å². The highest BCUT2D eigenvalue weighted by atomic mass is 16.4. The lowest BCUT2D eigenvalue weighted by atomic mass is 10.1. The Morgan fingerprint density at radius 1 is 1.22 bits per heavy atom. The first-order valence-corrected chi connectivity index (χ1v) is 5.23. The molecule has 1 amide bonds. The molecule has 0 atom stereocenters. The fourth-order valence-electron chi connectivity index (χ4n) is 1.25. The van der Waals surface area contributed by atoms with E-state index in [9.17, 15) is 14.4 Å². The molecule has 0 fully saturated rings. The molecule has 0 saturated heterocycles. The van der Waals surface area contributed by atoms with Crippen LogP contribution in [0.1, 0.15) is 24.2 Å². The molecule has 2 N–H and O–H groups in total. The number of ketones is 1. The number of hydrogen-bond acceptors (Lipinski definition) is 3. The summed E-state index contributed by atoms with van der Waals surface area (Å²) in [4.78, 5) is 33.2. The standard InChI is InChI=1S/C13H13NO4/c1-8(13(17)18)6-12(16)14-11-5-3-4-10(7-11)9(2)15/h3-7H,1-2H3,(H,14,16)(H,17,18)/b8-6+. The van der Waals surface area contributed by atoms with Gasteiger partial charge in [0.2, 0.25) is 5.91 Å². The van der Waals surface area contributed by atoms with Crippen LogP contribution in [0, 0.1) is 0 Å². The lowest BCUT2D eigenvalue weighted by molar-refractivity contribution is -0.132. The number of carboxylic acids is 1.